The fourth-order valence-corrected chi connectivity index (χ4v) is 4.78. The van der Waals surface area contributed by atoms with Crippen molar-refractivity contribution in [2.75, 3.05) is 13.7 Å². The minimum absolute atomic E-state index is 0.0205. The lowest BCUT2D eigenvalue weighted by atomic mass is 9.67. The summed E-state index contributed by atoms with van der Waals surface area (Å²) >= 11 is 0. The molecule has 26 heavy (non-hydrogen) atoms. The molecule has 1 heterocycles. The molecule has 1 saturated heterocycles. The van der Waals surface area contributed by atoms with Crippen molar-refractivity contribution >= 4 is 12.0 Å². The van der Waals surface area contributed by atoms with Crippen LogP contribution in [0.2, 0.25) is 0 Å². The van der Waals surface area contributed by atoms with Crippen LogP contribution in [-0.4, -0.2) is 42.1 Å². The summed E-state index contributed by atoms with van der Waals surface area (Å²) in [5, 5.41) is 2.86. The van der Waals surface area contributed by atoms with Crippen molar-refractivity contribution in [3.05, 3.63) is 34.9 Å². The third-order valence-electron chi connectivity index (χ3n) is 6.70. The molecular weight excluding hydrogens is 328 g/mol. The molecule has 2 aliphatic carbocycles. The van der Waals surface area contributed by atoms with Crippen molar-refractivity contribution in [1.29, 1.82) is 0 Å². The Morgan fingerprint density at radius 3 is 2.65 bits per heavy atom. The number of nitrogens with one attached hydrogen (secondary N) is 1. The topological polar surface area (TPSA) is 58.6 Å². The van der Waals surface area contributed by atoms with Gasteiger partial charge in [0.25, 0.3) is 0 Å². The Bertz CT molecular complexity index is 733. The molecule has 3 aliphatic rings. The number of rotatable bonds is 4. The van der Waals surface area contributed by atoms with Crippen molar-refractivity contribution in [1.82, 2.24) is 10.2 Å². The first-order valence-electron chi connectivity index (χ1n) is 9.72. The van der Waals surface area contributed by atoms with Gasteiger partial charge in [0.05, 0.1) is 5.54 Å². The lowest BCUT2D eigenvalue weighted by molar-refractivity contribution is -0.143. The van der Waals surface area contributed by atoms with E-state index in [1.165, 1.54) is 16.7 Å². The average Bonchev–Trinajstić information content (AvgIpc) is 2.94. The van der Waals surface area contributed by atoms with Gasteiger partial charge in [-0.05, 0) is 61.6 Å². The maximum absolute atomic E-state index is 12.7. The standard InChI is InChI=1S/C21H28N2O3/c1-4-14-5-6-15(7-13(14)2)16-8-18(9-16)23(3)19(24)17-10-21(11-17)12-26-20(25)22-21/h5-7,16-18H,4,8-12H2,1-3H3,(H,22,25)/t16-,17-,18+,21+. The smallest absolute Gasteiger partial charge is 0.407 e. The maximum Gasteiger partial charge on any atom is 0.407 e. The monoisotopic (exact) mass is 356 g/mol. The zero-order valence-electron chi connectivity index (χ0n) is 15.9. The van der Waals surface area contributed by atoms with Crippen molar-refractivity contribution in [3.63, 3.8) is 0 Å². The number of hydrogen-bond donors (Lipinski definition) is 1. The SMILES string of the molecule is CCc1ccc([C@H]2C[C@@H](N(C)C(=O)[C@H]3C[C@]4(COC(=O)N4)C3)C2)cc1C. The molecule has 2 saturated carbocycles. The number of alkyl carbamates (subject to hydrolysis) is 1. The summed E-state index contributed by atoms with van der Waals surface area (Å²) in [6.07, 6.45) is 4.22. The summed E-state index contributed by atoms with van der Waals surface area (Å²) in [5.74, 6) is 0.806. The molecule has 5 heteroatoms. The number of hydrogen-bond acceptors (Lipinski definition) is 3. The minimum atomic E-state index is -0.351. The minimum Gasteiger partial charge on any atom is -0.447 e. The number of benzene rings is 1. The van der Waals surface area contributed by atoms with Crippen LogP contribution in [-0.2, 0) is 16.0 Å². The quantitative estimate of drug-likeness (QED) is 0.902. The predicted molar refractivity (Wildman–Crippen MR) is 99.0 cm³/mol. The van der Waals surface area contributed by atoms with E-state index in [4.69, 9.17) is 4.74 Å². The molecule has 1 aromatic carbocycles. The maximum atomic E-state index is 12.7. The van der Waals surface area contributed by atoms with E-state index >= 15 is 0 Å². The van der Waals surface area contributed by atoms with Crippen LogP contribution in [0.4, 0.5) is 4.79 Å². The number of nitrogens with zero attached hydrogens (tertiary/aromatic N) is 1. The molecule has 0 bridgehead atoms. The summed E-state index contributed by atoms with van der Waals surface area (Å²) in [6, 6.07) is 7.16. The zero-order valence-corrected chi connectivity index (χ0v) is 15.9. The van der Waals surface area contributed by atoms with Crippen molar-refractivity contribution in [2.45, 2.75) is 63.5 Å². The second-order valence-corrected chi connectivity index (χ2v) is 8.40. The van der Waals surface area contributed by atoms with E-state index in [2.05, 4.69) is 37.4 Å². The van der Waals surface area contributed by atoms with Gasteiger partial charge in [0.2, 0.25) is 5.91 Å². The molecule has 0 atom stereocenters. The molecule has 1 spiro atoms. The normalized spacial score (nSPS) is 32.4. The van der Waals surface area contributed by atoms with Gasteiger partial charge in [-0.2, -0.15) is 0 Å². The van der Waals surface area contributed by atoms with Crippen LogP contribution in [0, 0.1) is 12.8 Å². The Morgan fingerprint density at radius 1 is 1.35 bits per heavy atom. The van der Waals surface area contributed by atoms with E-state index in [-0.39, 0.29) is 23.5 Å². The van der Waals surface area contributed by atoms with Gasteiger partial charge in [-0.15, -0.1) is 0 Å². The molecule has 5 nitrogen and oxygen atoms in total. The van der Waals surface area contributed by atoms with E-state index in [0.29, 0.717) is 31.4 Å². The first kappa shape index (κ1) is 17.4. The largest absolute Gasteiger partial charge is 0.447 e. The van der Waals surface area contributed by atoms with E-state index < -0.39 is 0 Å². The Hall–Kier alpha value is -2.04. The molecule has 0 aromatic heterocycles. The molecule has 1 N–H and O–H groups in total. The van der Waals surface area contributed by atoms with Crippen molar-refractivity contribution in [2.24, 2.45) is 5.92 Å². The summed E-state index contributed by atoms with van der Waals surface area (Å²) in [4.78, 5) is 25.9. The fourth-order valence-electron chi connectivity index (χ4n) is 4.78. The second kappa shape index (κ2) is 6.29. The van der Waals surface area contributed by atoms with E-state index in [1.54, 1.807) is 0 Å². The van der Waals surface area contributed by atoms with Gasteiger partial charge < -0.3 is 15.0 Å². The highest BCUT2D eigenvalue weighted by Gasteiger charge is 2.53. The van der Waals surface area contributed by atoms with Gasteiger partial charge in [-0.25, -0.2) is 4.79 Å². The lowest BCUT2D eigenvalue weighted by Crippen LogP contribution is -2.59. The summed E-state index contributed by atoms with van der Waals surface area (Å²) in [6.45, 7) is 4.78. The third-order valence-corrected chi connectivity index (χ3v) is 6.70. The molecule has 1 aromatic rings. The van der Waals surface area contributed by atoms with E-state index in [1.807, 2.05) is 11.9 Å². The molecule has 0 radical (unpaired) electrons. The van der Waals surface area contributed by atoms with Crippen LogP contribution in [0.15, 0.2) is 18.2 Å². The fraction of sp³-hybridized carbons (Fsp3) is 0.619. The Morgan fingerprint density at radius 2 is 2.08 bits per heavy atom. The molecule has 0 unspecified atom stereocenters. The molecule has 2 amide bonds. The van der Waals surface area contributed by atoms with Crippen molar-refractivity contribution in [3.8, 4) is 0 Å². The van der Waals surface area contributed by atoms with Gasteiger partial charge in [-0.1, -0.05) is 25.1 Å². The highest BCUT2D eigenvalue weighted by molar-refractivity contribution is 5.81. The van der Waals surface area contributed by atoms with Crippen molar-refractivity contribution < 1.29 is 14.3 Å². The number of aryl methyl sites for hydroxylation is 2. The number of amides is 2. The lowest BCUT2D eigenvalue weighted by Gasteiger charge is -2.47. The van der Waals surface area contributed by atoms with Gasteiger partial charge in [0.15, 0.2) is 0 Å². The molecule has 4 rings (SSSR count). The summed E-state index contributed by atoms with van der Waals surface area (Å²) < 4.78 is 4.99. The second-order valence-electron chi connectivity index (χ2n) is 8.40. The van der Waals surface area contributed by atoms with Crippen LogP contribution >= 0.6 is 0 Å². The molecular formula is C21H28N2O3. The molecule has 140 valence electrons. The highest BCUT2D eigenvalue weighted by atomic mass is 16.6. The van der Waals surface area contributed by atoms with Gasteiger partial charge in [0, 0.05) is 19.0 Å². The zero-order chi connectivity index (χ0) is 18.5. The first-order valence-corrected chi connectivity index (χ1v) is 9.72. The third kappa shape index (κ3) is 2.87. The Balaban J connectivity index is 1.29. The van der Waals surface area contributed by atoms with Crippen LogP contribution < -0.4 is 5.32 Å². The van der Waals surface area contributed by atoms with E-state index in [9.17, 15) is 9.59 Å². The summed E-state index contributed by atoms with van der Waals surface area (Å²) in [7, 11) is 1.93. The van der Waals surface area contributed by atoms with Gasteiger partial charge in [-0.3, -0.25) is 4.79 Å². The first-order chi connectivity index (χ1) is 12.4. The Kier molecular flexibility index (Phi) is 4.20. The van der Waals surface area contributed by atoms with E-state index in [0.717, 1.165) is 19.3 Å². The highest BCUT2D eigenvalue weighted by Crippen LogP contribution is 2.44. The Labute approximate surface area is 155 Å². The summed E-state index contributed by atoms with van der Waals surface area (Å²) in [5.41, 5.74) is 3.92. The van der Waals surface area contributed by atoms with Crippen LogP contribution in [0.25, 0.3) is 0 Å². The average molecular weight is 356 g/mol. The van der Waals surface area contributed by atoms with Gasteiger partial charge in [0.1, 0.15) is 6.61 Å². The number of cyclic esters (lactones) is 1. The van der Waals surface area contributed by atoms with Crippen LogP contribution in [0.1, 0.15) is 55.2 Å². The number of carbonyl (C=O) groups excluding carboxylic acids is 2. The van der Waals surface area contributed by atoms with Crippen LogP contribution in [0.3, 0.4) is 0 Å². The van der Waals surface area contributed by atoms with Crippen LogP contribution in [0.5, 0.6) is 0 Å². The predicted octanol–water partition coefficient (Wildman–Crippen LogP) is 3.15. The number of ether oxygens (including phenoxy) is 1. The molecule has 1 aliphatic heterocycles. The number of carbonyl (C=O) groups is 2. The van der Waals surface area contributed by atoms with Gasteiger partial charge >= 0.3 is 6.09 Å². The molecule has 3 fully saturated rings.